The summed E-state index contributed by atoms with van der Waals surface area (Å²) in [4.78, 5) is 14.5. The number of amides is 1. The third-order valence-corrected chi connectivity index (χ3v) is 5.24. The molecule has 0 aliphatic carbocycles. The number of hydrogen-bond donors (Lipinski definition) is 0. The molecule has 2 aliphatic rings. The second kappa shape index (κ2) is 6.93. The Labute approximate surface area is 152 Å². The van der Waals surface area contributed by atoms with Gasteiger partial charge in [-0.05, 0) is 48.1 Å². The summed E-state index contributed by atoms with van der Waals surface area (Å²) in [5.74, 6) is 0. The topological polar surface area (TPSA) is 29.5 Å². The fourth-order valence-electron chi connectivity index (χ4n) is 3.81. The summed E-state index contributed by atoms with van der Waals surface area (Å²) in [6, 6.07) is 18.1. The highest BCUT2D eigenvalue weighted by atomic mass is 35.5. The lowest BCUT2D eigenvalue weighted by Gasteiger charge is -2.33. The van der Waals surface area contributed by atoms with Gasteiger partial charge in [0, 0.05) is 11.1 Å². The van der Waals surface area contributed by atoms with E-state index in [2.05, 4.69) is 12.1 Å². The average molecular weight is 354 g/mol. The van der Waals surface area contributed by atoms with E-state index in [4.69, 9.17) is 16.3 Å². The number of carbonyl (C=O) groups is 1. The third kappa shape index (κ3) is 3.42. The predicted molar refractivity (Wildman–Crippen MR) is 99.3 cm³/mol. The van der Waals surface area contributed by atoms with Gasteiger partial charge in [-0.2, -0.15) is 0 Å². The Balaban J connectivity index is 1.47. The third-order valence-electron chi connectivity index (χ3n) is 5.01. The summed E-state index contributed by atoms with van der Waals surface area (Å²) in [6.45, 7) is 0.320. The average Bonchev–Trinajstić information content (AvgIpc) is 2.90. The van der Waals surface area contributed by atoms with Crippen molar-refractivity contribution in [3.05, 3.63) is 76.8 Å². The molecule has 2 unspecified atom stereocenters. The summed E-state index contributed by atoms with van der Waals surface area (Å²) in [5, 5.41) is 0.746. The van der Waals surface area contributed by atoms with Crippen LogP contribution in [0.15, 0.2) is 60.7 Å². The minimum atomic E-state index is -0.210. The summed E-state index contributed by atoms with van der Waals surface area (Å²) < 4.78 is 5.55. The Morgan fingerprint density at radius 1 is 1.12 bits per heavy atom. The highest BCUT2D eigenvalue weighted by molar-refractivity contribution is 6.30. The van der Waals surface area contributed by atoms with Gasteiger partial charge in [0.05, 0.1) is 6.04 Å². The maximum atomic E-state index is 12.6. The quantitative estimate of drug-likeness (QED) is 0.749. The molecule has 0 spiro atoms. The van der Waals surface area contributed by atoms with Gasteiger partial charge >= 0.3 is 6.09 Å². The number of halogens is 1. The van der Waals surface area contributed by atoms with Gasteiger partial charge in [0.15, 0.2) is 0 Å². The normalized spacial score (nSPS) is 21.8. The first-order chi connectivity index (χ1) is 12.2. The highest BCUT2D eigenvalue weighted by Gasteiger charge is 2.40. The first-order valence-corrected chi connectivity index (χ1v) is 9.04. The Bertz CT molecular complexity index is 803. The molecule has 2 heterocycles. The molecular formula is C21H20ClNO2. The van der Waals surface area contributed by atoms with Crippen LogP contribution in [-0.2, 0) is 11.3 Å². The fraction of sp³-hybridized carbons (Fsp3) is 0.286. The number of ether oxygens (including phenoxy) is 1. The minimum absolute atomic E-state index is 0.121. The smallest absolute Gasteiger partial charge is 0.410 e. The summed E-state index contributed by atoms with van der Waals surface area (Å²) in [6.07, 6.45) is 4.87. The van der Waals surface area contributed by atoms with E-state index in [1.807, 2.05) is 53.4 Å². The maximum Gasteiger partial charge on any atom is 0.410 e. The van der Waals surface area contributed by atoms with Crippen LogP contribution in [0.4, 0.5) is 4.79 Å². The van der Waals surface area contributed by atoms with Gasteiger partial charge in [0.1, 0.15) is 6.61 Å². The first-order valence-electron chi connectivity index (χ1n) is 8.66. The van der Waals surface area contributed by atoms with Crippen LogP contribution in [0.5, 0.6) is 0 Å². The number of carbonyl (C=O) groups excluding carboxylic acids is 1. The van der Waals surface area contributed by atoms with Crippen molar-refractivity contribution in [1.29, 1.82) is 0 Å². The van der Waals surface area contributed by atoms with Gasteiger partial charge < -0.3 is 4.74 Å². The first kappa shape index (κ1) is 16.2. The van der Waals surface area contributed by atoms with Gasteiger partial charge in [-0.15, -0.1) is 0 Å². The van der Waals surface area contributed by atoms with Crippen LogP contribution in [0, 0.1) is 0 Å². The van der Waals surface area contributed by atoms with Crippen molar-refractivity contribution in [1.82, 2.24) is 4.90 Å². The van der Waals surface area contributed by atoms with E-state index < -0.39 is 0 Å². The molecule has 0 N–H and O–H groups in total. The predicted octanol–water partition coefficient (Wildman–Crippen LogP) is 5.30. The number of nitrogens with zero attached hydrogens (tertiary/aromatic N) is 1. The monoisotopic (exact) mass is 353 g/mol. The number of hydrogen-bond acceptors (Lipinski definition) is 2. The highest BCUT2D eigenvalue weighted by Crippen LogP contribution is 2.39. The molecule has 2 bridgehead atoms. The van der Waals surface area contributed by atoms with E-state index >= 15 is 0 Å². The Hall–Kier alpha value is -2.26. The van der Waals surface area contributed by atoms with E-state index in [0.29, 0.717) is 6.61 Å². The molecule has 1 amide bonds. The Morgan fingerprint density at radius 3 is 2.72 bits per heavy atom. The van der Waals surface area contributed by atoms with Crippen molar-refractivity contribution in [2.24, 2.45) is 0 Å². The van der Waals surface area contributed by atoms with Crippen LogP contribution in [0.3, 0.4) is 0 Å². The second-order valence-electron chi connectivity index (χ2n) is 6.65. The molecule has 0 radical (unpaired) electrons. The minimum Gasteiger partial charge on any atom is -0.445 e. The number of fused-ring (bicyclic) bond motifs is 2. The second-order valence-corrected chi connectivity index (χ2v) is 7.09. The van der Waals surface area contributed by atoms with Crippen LogP contribution in [0.25, 0.3) is 5.57 Å². The largest absolute Gasteiger partial charge is 0.445 e. The molecule has 2 aromatic carbocycles. The molecule has 2 aliphatic heterocycles. The zero-order chi connectivity index (χ0) is 17.2. The molecule has 1 saturated heterocycles. The lowest BCUT2D eigenvalue weighted by Crippen LogP contribution is -2.43. The molecular weight excluding hydrogens is 334 g/mol. The van der Waals surface area contributed by atoms with Crippen molar-refractivity contribution in [3.63, 3.8) is 0 Å². The van der Waals surface area contributed by atoms with Crippen LogP contribution in [-0.4, -0.2) is 23.1 Å². The van der Waals surface area contributed by atoms with Gasteiger partial charge in [0.25, 0.3) is 0 Å². The van der Waals surface area contributed by atoms with E-state index in [9.17, 15) is 4.79 Å². The van der Waals surface area contributed by atoms with Gasteiger partial charge in [-0.3, -0.25) is 4.90 Å². The molecule has 1 fully saturated rings. The van der Waals surface area contributed by atoms with E-state index in [0.717, 1.165) is 35.4 Å². The summed E-state index contributed by atoms with van der Waals surface area (Å²) in [5.41, 5.74) is 3.44. The van der Waals surface area contributed by atoms with E-state index in [-0.39, 0.29) is 18.2 Å². The van der Waals surface area contributed by atoms with Crippen molar-refractivity contribution in [2.75, 3.05) is 0 Å². The molecule has 0 saturated carbocycles. The molecule has 2 atom stereocenters. The van der Waals surface area contributed by atoms with Crippen LogP contribution in [0.2, 0.25) is 5.02 Å². The van der Waals surface area contributed by atoms with Crippen molar-refractivity contribution < 1.29 is 9.53 Å². The van der Waals surface area contributed by atoms with Crippen molar-refractivity contribution in [3.8, 4) is 0 Å². The molecule has 0 aromatic heterocycles. The molecule has 4 rings (SSSR count). The molecule has 2 aromatic rings. The number of benzene rings is 2. The van der Waals surface area contributed by atoms with Crippen molar-refractivity contribution >= 4 is 23.3 Å². The fourth-order valence-corrected chi connectivity index (χ4v) is 4.00. The SMILES string of the molecule is O=C(OCc1ccccc1)N1C2C=C(c3cccc(Cl)c3)CC1CC2. The van der Waals surface area contributed by atoms with Gasteiger partial charge in [0.2, 0.25) is 0 Å². The Morgan fingerprint density at radius 2 is 1.96 bits per heavy atom. The molecule has 3 nitrogen and oxygen atoms in total. The van der Waals surface area contributed by atoms with Crippen LogP contribution >= 0.6 is 11.6 Å². The van der Waals surface area contributed by atoms with Crippen molar-refractivity contribution in [2.45, 2.75) is 38.0 Å². The summed E-state index contributed by atoms with van der Waals surface area (Å²) in [7, 11) is 0. The molecule has 25 heavy (non-hydrogen) atoms. The lowest BCUT2D eigenvalue weighted by molar-refractivity contribution is 0.0832. The van der Waals surface area contributed by atoms with Gasteiger partial charge in [-0.25, -0.2) is 4.79 Å². The lowest BCUT2D eigenvalue weighted by atomic mass is 9.95. The van der Waals surface area contributed by atoms with Crippen LogP contribution < -0.4 is 0 Å². The molecule has 128 valence electrons. The van der Waals surface area contributed by atoms with Crippen LogP contribution in [0.1, 0.15) is 30.4 Å². The summed E-state index contributed by atoms with van der Waals surface area (Å²) >= 11 is 6.12. The Kier molecular flexibility index (Phi) is 4.50. The van der Waals surface area contributed by atoms with E-state index in [1.165, 1.54) is 5.57 Å². The standard InChI is InChI=1S/C21H20ClNO2/c22-18-8-4-7-16(11-18)17-12-19-9-10-20(13-17)23(19)21(24)25-14-15-5-2-1-3-6-15/h1-8,11-12,19-20H,9-10,13-14H2. The maximum absolute atomic E-state index is 12.6. The molecule has 4 heteroatoms. The zero-order valence-electron chi connectivity index (χ0n) is 13.9. The van der Waals surface area contributed by atoms with E-state index in [1.54, 1.807) is 0 Å². The van der Waals surface area contributed by atoms with Gasteiger partial charge in [-0.1, -0.05) is 60.1 Å². The number of rotatable bonds is 3. The zero-order valence-corrected chi connectivity index (χ0v) is 14.7.